The van der Waals surface area contributed by atoms with Crippen LogP contribution in [0.2, 0.25) is 0 Å². The van der Waals surface area contributed by atoms with E-state index in [0.717, 1.165) is 6.92 Å². The number of allylic oxidation sites excluding steroid dienone is 2. The second kappa shape index (κ2) is 10.9. The molecule has 1 N–H and O–H groups in total. The first-order valence-electron chi connectivity index (χ1n) is 11.7. The molecule has 36 heavy (non-hydrogen) atoms. The predicted octanol–water partition coefficient (Wildman–Crippen LogP) is 2.91. The lowest BCUT2D eigenvalue weighted by Crippen LogP contribution is -2.56. The Balaban J connectivity index is 2.59. The van der Waals surface area contributed by atoms with Crippen LogP contribution in [-0.2, 0) is 38.1 Å². The fourth-order valence-electron chi connectivity index (χ4n) is 3.87. The van der Waals surface area contributed by atoms with Crippen LogP contribution in [0.5, 0.6) is 0 Å². The SMILES string of the molecule is C=C(C(/C=C/C(C)(C)O)OC(=O)/C(C)=C\C)[C@@H]1[C@H](OC(=O)/C(C)=C\C)[C@@H]2O[C@]2(C)C(=O)[C@H]1OC(C)=O. The Bertz CT molecular complexity index is 1030. The summed E-state index contributed by atoms with van der Waals surface area (Å²) in [6.07, 6.45) is 1.56. The number of aliphatic hydroxyl groups is 1. The first-order valence-corrected chi connectivity index (χ1v) is 11.7. The van der Waals surface area contributed by atoms with Gasteiger partial charge in [-0.25, -0.2) is 9.59 Å². The summed E-state index contributed by atoms with van der Waals surface area (Å²) in [4.78, 5) is 50.6. The van der Waals surface area contributed by atoms with Crippen LogP contribution in [0.3, 0.4) is 0 Å². The topological polar surface area (TPSA) is 129 Å². The molecule has 9 heteroatoms. The summed E-state index contributed by atoms with van der Waals surface area (Å²) < 4.78 is 22.5. The summed E-state index contributed by atoms with van der Waals surface area (Å²) >= 11 is 0. The molecular weight excluding hydrogens is 468 g/mol. The maximum atomic E-state index is 13.3. The Labute approximate surface area is 211 Å². The van der Waals surface area contributed by atoms with Crippen LogP contribution in [0.1, 0.15) is 55.4 Å². The zero-order valence-electron chi connectivity index (χ0n) is 22.1. The molecule has 1 saturated carbocycles. The van der Waals surface area contributed by atoms with E-state index in [-0.39, 0.29) is 5.57 Å². The van der Waals surface area contributed by atoms with Crippen molar-refractivity contribution in [2.45, 2.75) is 91.0 Å². The third-order valence-corrected chi connectivity index (χ3v) is 6.34. The highest BCUT2D eigenvalue weighted by Crippen LogP contribution is 2.51. The maximum Gasteiger partial charge on any atom is 0.334 e. The van der Waals surface area contributed by atoms with E-state index in [9.17, 15) is 24.3 Å². The van der Waals surface area contributed by atoms with E-state index in [4.69, 9.17) is 18.9 Å². The molecule has 2 fully saturated rings. The van der Waals surface area contributed by atoms with Crippen molar-refractivity contribution in [2.75, 3.05) is 0 Å². The summed E-state index contributed by atoms with van der Waals surface area (Å²) in [6.45, 7) is 16.3. The van der Waals surface area contributed by atoms with Crippen molar-refractivity contribution in [1.29, 1.82) is 0 Å². The lowest BCUT2D eigenvalue weighted by molar-refractivity contribution is -0.167. The molecule has 0 aromatic carbocycles. The number of ether oxygens (including phenoxy) is 4. The monoisotopic (exact) mass is 504 g/mol. The van der Waals surface area contributed by atoms with Gasteiger partial charge in [-0.2, -0.15) is 0 Å². The zero-order valence-corrected chi connectivity index (χ0v) is 22.1. The lowest BCUT2D eigenvalue weighted by Gasteiger charge is -2.38. The molecule has 0 radical (unpaired) electrons. The molecule has 1 unspecified atom stereocenters. The van der Waals surface area contributed by atoms with E-state index >= 15 is 0 Å². The fraction of sp³-hybridized carbons (Fsp3) is 0.556. The molecule has 0 aromatic heterocycles. The Hall–Kier alpha value is -3.04. The van der Waals surface area contributed by atoms with Gasteiger partial charge in [0.1, 0.15) is 18.3 Å². The molecule has 2 rings (SSSR count). The number of carbonyl (C=O) groups excluding carboxylic acids is 4. The highest BCUT2D eigenvalue weighted by Gasteiger charge is 2.72. The summed E-state index contributed by atoms with van der Waals surface area (Å²) in [5.74, 6) is -3.62. The second-order valence-corrected chi connectivity index (χ2v) is 9.79. The highest BCUT2D eigenvalue weighted by molar-refractivity contribution is 5.97. The highest BCUT2D eigenvalue weighted by atomic mass is 16.7. The quantitative estimate of drug-likeness (QED) is 0.166. The summed E-state index contributed by atoms with van der Waals surface area (Å²) in [7, 11) is 0. The van der Waals surface area contributed by atoms with Gasteiger partial charge < -0.3 is 24.1 Å². The zero-order chi connectivity index (χ0) is 27.6. The number of carbonyl (C=O) groups is 4. The van der Waals surface area contributed by atoms with Crippen LogP contribution in [0.15, 0.2) is 47.6 Å². The van der Waals surface area contributed by atoms with Crippen molar-refractivity contribution in [3.63, 3.8) is 0 Å². The third-order valence-electron chi connectivity index (χ3n) is 6.34. The molecule has 6 atom stereocenters. The van der Waals surface area contributed by atoms with Crippen LogP contribution in [-0.4, -0.2) is 64.4 Å². The van der Waals surface area contributed by atoms with Crippen molar-refractivity contribution in [1.82, 2.24) is 0 Å². The Morgan fingerprint density at radius 2 is 1.64 bits per heavy atom. The molecule has 1 saturated heterocycles. The van der Waals surface area contributed by atoms with Crippen molar-refractivity contribution in [3.05, 3.63) is 47.6 Å². The average molecular weight is 505 g/mol. The normalized spacial score (nSPS) is 29.3. The molecule has 0 aromatic rings. The number of esters is 3. The Morgan fingerprint density at radius 3 is 2.14 bits per heavy atom. The molecular formula is C27H36O9. The van der Waals surface area contributed by atoms with E-state index in [1.165, 1.54) is 26.0 Å². The second-order valence-electron chi connectivity index (χ2n) is 9.79. The Kier molecular flexibility index (Phi) is 8.86. The van der Waals surface area contributed by atoms with Gasteiger partial charge in [0.2, 0.25) is 5.78 Å². The van der Waals surface area contributed by atoms with Gasteiger partial charge in [0.15, 0.2) is 11.7 Å². The van der Waals surface area contributed by atoms with Gasteiger partial charge in [0, 0.05) is 18.1 Å². The van der Waals surface area contributed by atoms with Crippen LogP contribution >= 0.6 is 0 Å². The van der Waals surface area contributed by atoms with Gasteiger partial charge in [-0.3, -0.25) is 9.59 Å². The smallest absolute Gasteiger partial charge is 0.334 e. The number of hydrogen-bond donors (Lipinski definition) is 1. The summed E-state index contributed by atoms with van der Waals surface area (Å²) in [5.41, 5.74) is -1.77. The molecule has 9 nitrogen and oxygen atoms in total. The third kappa shape index (κ3) is 6.39. The van der Waals surface area contributed by atoms with Gasteiger partial charge in [0.05, 0.1) is 11.5 Å². The van der Waals surface area contributed by atoms with Crippen LogP contribution in [0.25, 0.3) is 0 Å². The van der Waals surface area contributed by atoms with Crippen molar-refractivity contribution in [2.24, 2.45) is 5.92 Å². The molecule has 198 valence electrons. The first-order chi connectivity index (χ1) is 16.6. The number of rotatable bonds is 9. The number of epoxide rings is 1. The molecule has 1 aliphatic heterocycles. The van der Waals surface area contributed by atoms with E-state index in [1.807, 2.05) is 0 Å². The van der Waals surface area contributed by atoms with Crippen molar-refractivity contribution < 1.29 is 43.2 Å². The lowest BCUT2D eigenvalue weighted by atomic mass is 9.72. The van der Waals surface area contributed by atoms with Crippen LogP contribution < -0.4 is 0 Å². The van der Waals surface area contributed by atoms with Gasteiger partial charge in [0.25, 0.3) is 0 Å². The number of hydrogen-bond acceptors (Lipinski definition) is 9. The van der Waals surface area contributed by atoms with Gasteiger partial charge in [-0.15, -0.1) is 0 Å². The van der Waals surface area contributed by atoms with E-state index in [2.05, 4.69) is 6.58 Å². The molecule has 1 heterocycles. The fourth-order valence-corrected chi connectivity index (χ4v) is 3.87. The Morgan fingerprint density at radius 1 is 1.08 bits per heavy atom. The standard InChI is InChI=1S/C27H36O9/c1-10-14(3)24(30)34-18(12-13-26(7,8)32)16(5)19-20(33-17(6)28)22(29)27(9)23(36-27)21(19)35-25(31)15(4)11-2/h10-13,18-21,23,32H,5H2,1-4,6-9H3/b13-12+,14-10-,15-11-/t18?,19-,20-,21-,23-,27+/m0/s1. The van der Waals surface area contributed by atoms with Crippen LogP contribution in [0, 0.1) is 5.92 Å². The van der Waals surface area contributed by atoms with Gasteiger partial charge in [-0.1, -0.05) is 24.8 Å². The summed E-state index contributed by atoms with van der Waals surface area (Å²) in [5, 5.41) is 10.2. The van der Waals surface area contributed by atoms with Crippen molar-refractivity contribution in [3.8, 4) is 0 Å². The minimum absolute atomic E-state index is 0.140. The molecule has 0 amide bonds. The first kappa shape index (κ1) is 29.2. The average Bonchev–Trinajstić information content (AvgIpc) is 3.50. The van der Waals surface area contributed by atoms with Gasteiger partial charge >= 0.3 is 17.9 Å². The molecule has 0 bridgehead atoms. The van der Waals surface area contributed by atoms with Gasteiger partial charge in [-0.05, 0) is 60.1 Å². The van der Waals surface area contributed by atoms with E-state index < -0.39 is 65.2 Å². The minimum atomic E-state index is -1.40. The minimum Gasteiger partial charge on any atom is -0.455 e. The van der Waals surface area contributed by atoms with E-state index in [1.54, 1.807) is 46.8 Å². The van der Waals surface area contributed by atoms with Crippen molar-refractivity contribution >= 4 is 23.7 Å². The van der Waals surface area contributed by atoms with Crippen LogP contribution in [0.4, 0.5) is 0 Å². The maximum absolute atomic E-state index is 13.3. The molecule has 1 aliphatic carbocycles. The summed E-state index contributed by atoms with van der Waals surface area (Å²) in [6, 6.07) is 0. The molecule has 0 spiro atoms. The number of Topliss-reactive ketones (excluding diaryl/α,β-unsaturated/α-hetero) is 1. The largest absolute Gasteiger partial charge is 0.455 e. The number of fused-ring (bicyclic) bond motifs is 1. The number of ketones is 1. The van der Waals surface area contributed by atoms with E-state index in [0.29, 0.717) is 11.1 Å². The predicted molar refractivity (Wildman–Crippen MR) is 131 cm³/mol. The molecule has 2 aliphatic rings.